The highest BCUT2D eigenvalue weighted by atomic mass is 35.5. The van der Waals surface area contributed by atoms with Gasteiger partial charge in [-0.2, -0.15) is 0 Å². The third kappa shape index (κ3) is 3.30. The lowest BCUT2D eigenvalue weighted by Crippen LogP contribution is -2.41. The lowest BCUT2D eigenvalue weighted by Gasteiger charge is -2.30. The van der Waals surface area contributed by atoms with Crippen molar-refractivity contribution in [2.24, 2.45) is 11.1 Å². The third-order valence-corrected chi connectivity index (χ3v) is 5.86. The van der Waals surface area contributed by atoms with Crippen LogP contribution in [0.15, 0.2) is 59.9 Å². The van der Waals surface area contributed by atoms with E-state index in [1.54, 1.807) is 0 Å². The van der Waals surface area contributed by atoms with Crippen LogP contribution in [0.2, 0.25) is 5.02 Å². The maximum absolute atomic E-state index is 6.09. The molecule has 3 heterocycles. The number of fused-ring (bicyclic) bond motifs is 1. The molecule has 2 aliphatic rings. The molecule has 0 aliphatic carbocycles. The van der Waals surface area contributed by atoms with Gasteiger partial charge in [0.15, 0.2) is 6.10 Å². The van der Waals surface area contributed by atoms with Crippen molar-refractivity contribution >= 4 is 28.2 Å². The summed E-state index contributed by atoms with van der Waals surface area (Å²) >= 11 is 6.09. The van der Waals surface area contributed by atoms with E-state index in [1.807, 2.05) is 30.3 Å². The van der Waals surface area contributed by atoms with Gasteiger partial charge >= 0.3 is 0 Å². The van der Waals surface area contributed by atoms with E-state index in [0.29, 0.717) is 0 Å². The van der Waals surface area contributed by atoms with Gasteiger partial charge in [-0.15, -0.1) is 0 Å². The van der Waals surface area contributed by atoms with Crippen molar-refractivity contribution in [3.05, 3.63) is 70.9 Å². The summed E-state index contributed by atoms with van der Waals surface area (Å²) in [6.07, 6.45) is 1.94. The topological polar surface area (TPSA) is 49.8 Å². The van der Waals surface area contributed by atoms with Gasteiger partial charge in [0.1, 0.15) is 0 Å². The Balaban J connectivity index is 1.50. The number of halogens is 1. The summed E-state index contributed by atoms with van der Waals surface area (Å²) in [6.45, 7) is 4.31. The largest absolute Gasteiger partial charge is 0.386 e. The predicted molar refractivity (Wildman–Crippen MR) is 111 cm³/mol. The first-order valence-corrected chi connectivity index (χ1v) is 10.0. The molecule has 5 nitrogen and oxygen atoms in total. The summed E-state index contributed by atoms with van der Waals surface area (Å²) in [6, 6.07) is 16.2. The van der Waals surface area contributed by atoms with Gasteiger partial charge < -0.3 is 14.6 Å². The second-order valence-corrected chi connectivity index (χ2v) is 7.75. The van der Waals surface area contributed by atoms with E-state index in [9.17, 15) is 0 Å². The van der Waals surface area contributed by atoms with Crippen LogP contribution < -0.4 is 0 Å². The average molecular weight is 396 g/mol. The van der Waals surface area contributed by atoms with Crippen LogP contribution in [-0.4, -0.2) is 48.4 Å². The molecule has 0 spiro atoms. The Morgan fingerprint density at radius 3 is 2.68 bits per heavy atom. The molecule has 5 rings (SSSR count). The highest BCUT2D eigenvalue weighted by Gasteiger charge is 2.38. The Morgan fingerprint density at radius 2 is 1.86 bits per heavy atom. The van der Waals surface area contributed by atoms with Crippen LogP contribution in [0.3, 0.4) is 0 Å². The van der Waals surface area contributed by atoms with Gasteiger partial charge in [-0.3, -0.25) is 4.90 Å². The SMILES string of the molecule is Clc1ccc(C2=NOC(c3c[nH]c4ccccc34)C2CN2CCOCC2)cc1. The zero-order valence-electron chi connectivity index (χ0n) is 15.5. The first-order chi connectivity index (χ1) is 13.8. The number of nitrogens with zero attached hydrogens (tertiary/aromatic N) is 2. The van der Waals surface area contributed by atoms with Crippen LogP contribution in [0.5, 0.6) is 0 Å². The van der Waals surface area contributed by atoms with Gasteiger partial charge in [-0.1, -0.05) is 47.1 Å². The van der Waals surface area contributed by atoms with E-state index in [2.05, 4.69) is 39.4 Å². The molecule has 2 unspecified atom stereocenters. The number of rotatable bonds is 4. The zero-order chi connectivity index (χ0) is 18.9. The van der Waals surface area contributed by atoms with Gasteiger partial charge in [-0.05, 0) is 23.8 Å². The highest BCUT2D eigenvalue weighted by molar-refractivity contribution is 6.30. The molecular formula is C22H22ClN3O2. The van der Waals surface area contributed by atoms with Crippen LogP contribution in [0, 0.1) is 5.92 Å². The summed E-state index contributed by atoms with van der Waals surface area (Å²) in [5.74, 6) is 0.137. The van der Waals surface area contributed by atoms with Crippen LogP contribution in [0.25, 0.3) is 10.9 Å². The molecule has 2 aromatic carbocycles. The van der Waals surface area contributed by atoms with E-state index in [4.69, 9.17) is 21.2 Å². The Bertz CT molecular complexity index is 992. The van der Waals surface area contributed by atoms with Gasteiger partial charge in [0.25, 0.3) is 0 Å². The normalized spacial score (nSPS) is 23.0. The Hall–Kier alpha value is -2.34. The van der Waals surface area contributed by atoms with E-state index < -0.39 is 0 Å². The average Bonchev–Trinajstić information content (AvgIpc) is 3.33. The van der Waals surface area contributed by atoms with Crippen molar-refractivity contribution < 1.29 is 9.57 Å². The van der Waals surface area contributed by atoms with Crippen molar-refractivity contribution in [3.63, 3.8) is 0 Å². The fourth-order valence-corrected chi connectivity index (χ4v) is 4.26. The number of ether oxygens (including phenoxy) is 1. The van der Waals surface area contributed by atoms with Gasteiger partial charge in [0.05, 0.1) is 24.8 Å². The van der Waals surface area contributed by atoms with Crippen molar-refractivity contribution in [1.29, 1.82) is 0 Å². The van der Waals surface area contributed by atoms with Crippen molar-refractivity contribution in [2.75, 3.05) is 32.8 Å². The Kier molecular flexibility index (Phi) is 4.81. The molecule has 0 amide bonds. The highest BCUT2D eigenvalue weighted by Crippen LogP contribution is 2.39. The zero-order valence-corrected chi connectivity index (χ0v) is 16.2. The van der Waals surface area contributed by atoms with Crippen molar-refractivity contribution in [2.45, 2.75) is 6.10 Å². The number of H-pyrrole nitrogens is 1. The fraction of sp³-hybridized carbons (Fsp3) is 0.318. The van der Waals surface area contributed by atoms with Gasteiger partial charge in [0.2, 0.25) is 0 Å². The summed E-state index contributed by atoms with van der Waals surface area (Å²) in [4.78, 5) is 11.8. The van der Waals surface area contributed by atoms with Gasteiger partial charge in [0, 0.05) is 47.3 Å². The maximum atomic E-state index is 6.09. The number of aromatic nitrogens is 1. The molecule has 2 aliphatic heterocycles. The first kappa shape index (κ1) is 17.7. The monoisotopic (exact) mass is 395 g/mol. The number of morpholine rings is 1. The molecule has 1 aromatic heterocycles. The molecule has 6 heteroatoms. The number of hydrogen-bond donors (Lipinski definition) is 1. The molecular weight excluding hydrogens is 374 g/mol. The number of hydrogen-bond acceptors (Lipinski definition) is 4. The Morgan fingerprint density at radius 1 is 1.07 bits per heavy atom. The Labute approximate surface area is 168 Å². The molecule has 2 atom stereocenters. The number of oxime groups is 1. The molecule has 0 bridgehead atoms. The lowest BCUT2D eigenvalue weighted by atomic mass is 9.88. The van der Waals surface area contributed by atoms with Crippen molar-refractivity contribution in [3.8, 4) is 0 Å². The quantitative estimate of drug-likeness (QED) is 0.718. The summed E-state index contributed by atoms with van der Waals surface area (Å²) in [7, 11) is 0. The lowest BCUT2D eigenvalue weighted by molar-refractivity contribution is 0.0141. The van der Waals surface area contributed by atoms with Crippen LogP contribution in [-0.2, 0) is 9.57 Å². The number of aromatic amines is 1. The van der Waals surface area contributed by atoms with Crippen LogP contribution in [0.1, 0.15) is 17.2 Å². The summed E-state index contributed by atoms with van der Waals surface area (Å²) in [5, 5.41) is 6.44. The van der Waals surface area contributed by atoms with E-state index in [-0.39, 0.29) is 12.0 Å². The van der Waals surface area contributed by atoms with Crippen LogP contribution >= 0.6 is 11.6 Å². The third-order valence-electron chi connectivity index (χ3n) is 5.61. The molecule has 1 saturated heterocycles. The maximum Gasteiger partial charge on any atom is 0.164 e. The van der Waals surface area contributed by atoms with E-state index in [0.717, 1.165) is 60.2 Å². The summed E-state index contributed by atoms with van der Waals surface area (Å²) < 4.78 is 5.52. The molecule has 28 heavy (non-hydrogen) atoms. The van der Waals surface area contributed by atoms with E-state index >= 15 is 0 Å². The van der Waals surface area contributed by atoms with Gasteiger partial charge in [-0.25, -0.2) is 0 Å². The first-order valence-electron chi connectivity index (χ1n) is 9.65. The minimum Gasteiger partial charge on any atom is -0.386 e. The number of nitrogens with one attached hydrogen (secondary N) is 1. The second-order valence-electron chi connectivity index (χ2n) is 7.32. The molecule has 0 radical (unpaired) electrons. The molecule has 3 aromatic rings. The second kappa shape index (κ2) is 7.59. The minimum absolute atomic E-state index is 0.121. The molecule has 1 N–H and O–H groups in total. The standard InChI is InChI=1S/C22H22ClN3O2/c23-16-7-5-15(6-8-16)21-19(14-26-9-11-27-12-10-26)22(28-25-21)18-13-24-20-4-2-1-3-17(18)20/h1-8,13,19,22,24H,9-12,14H2. The predicted octanol–water partition coefficient (Wildman–Crippen LogP) is 4.25. The number of para-hydroxylation sites is 1. The van der Waals surface area contributed by atoms with Crippen molar-refractivity contribution in [1.82, 2.24) is 9.88 Å². The van der Waals surface area contributed by atoms with E-state index in [1.165, 1.54) is 5.39 Å². The molecule has 0 saturated carbocycles. The minimum atomic E-state index is -0.121. The fourth-order valence-electron chi connectivity index (χ4n) is 4.13. The van der Waals surface area contributed by atoms with Crippen LogP contribution in [0.4, 0.5) is 0 Å². The summed E-state index contributed by atoms with van der Waals surface area (Å²) in [5.41, 5.74) is 4.32. The molecule has 144 valence electrons. The number of benzene rings is 2. The smallest absolute Gasteiger partial charge is 0.164 e. The molecule has 1 fully saturated rings.